The molecule has 158 valence electrons. The molecular formula is C28H24N2OS. The van der Waals surface area contributed by atoms with Crippen LogP contribution in [0.2, 0.25) is 0 Å². The van der Waals surface area contributed by atoms with E-state index in [1.807, 2.05) is 18.2 Å². The molecule has 1 aliphatic carbocycles. The number of hydrogen-bond acceptors (Lipinski definition) is 3. The van der Waals surface area contributed by atoms with Crippen LogP contribution in [0, 0.1) is 11.3 Å². The normalized spacial score (nSPS) is 13.9. The van der Waals surface area contributed by atoms with Crippen LogP contribution in [-0.2, 0) is 0 Å². The second kappa shape index (κ2) is 8.98. The van der Waals surface area contributed by atoms with Crippen molar-refractivity contribution in [2.45, 2.75) is 30.6 Å². The average Bonchev–Trinajstić information content (AvgIpc) is 3.19. The highest BCUT2D eigenvalue weighted by molar-refractivity contribution is 7.98. The van der Waals surface area contributed by atoms with E-state index in [0.717, 1.165) is 58.7 Å². The van der Waals surface area contributed by atoms with Crippen LogP contribution in [0.5, 0.6) is 5.75 Å². The van der Waals surface area contributed by atoms with Crippen molar-refractivity contribution in [1.82, 2.24) is 3.97 Å². The molecule has 32 heavy (non-hydrogen) atoms. The molecule has 0 fully saturated rings. The fraction of sp³-hybridized carbons (Fsp3) is 0.179. The summed E-state index contributed by atoms with van der Waals surface area (Å²) in [5, 5.41) is 11.1. The molecular weight excluding hydrogens is 412 g/mol. The van der Waals surface area contributed by atoms with E-state index >= 15 is 0 Å². The molecule has 0 radical (unpaired) electrons. The number of nitrogens with zero attached hydrogens (tertiary/aromatic N) is 2. The molecule has 4 heteroatoms. The molecule has 0 atom stereocenters. The fourth-order valence-corrected chi connectivity index (χ4v) is 5.53. The number of nitriles is 1. The van der Waals surface area contributed by atoms with Crippen molar-refractivity contribution in [3.8, 4) is 23.1 Å². The second-order valence-corrected chi connectivity index (χ2v) is 8.96. The Morgan fingerprint density at radius 2 is 1.59 bits per heavy atom. The van der Waals surface area contributed by atoms with E-state index in [2.05, 4.69) is 70.7 Å². The van der Waals surface area contributed by atoms with Gasteiger partial charge in [-0.05, 0) is 79.1 Å². The molecule has 0 aliphatic heterocycles. The monoisotopic (exact) mass is 436 g/mol. The summed E-state index contributed by atoms with van der Waals surface area (Å²) in [6.07, 6.45) is 4.03. The summed E-state index contributed by atoms with van der Waals surface area (Å²) in [6.45, 7) is 0. The standard InChI is InChI=1S/C28H24N2OS/c1-31-22-15-17-23(18-16-22)32-30-26-14-8-7-13-25(26)27(24-12-6-5-11-21(24)19-29)28(30)20-9-3-2-4-10-20/h2-4,7-10,13-18H,5-6,11-12H2,1H3. The van der Waals surface area contributed by atoms with Gasteiger partial charge in [0.05, 0.1) is 24.4 Å². The Bertz CT molecular complexity index is 1330. The van der Waals surface area contributed by atoms with Crippen LogP contribution < -0.4 is 4.74 Å². The molecule has 0 spiro atoms. The van der Waals surface area contributed by atoms with Crippen LogP contribution in [0.3, 0.4) is 0 Å². The highest BCUT2D eigenvalue weighted by Crippen LogP contribution is 2.45. The SMILES string of the molecule is COc1ccc(Sn2c(-c3ccccc3)c(C3=C(C#N)CCCC3)c3ccccc32)cc1. The van der Waals surface area contributed by atoms with Gasteiger partial charge in [0.25, 0.3) is 0 Å². The van der Waals surface area contributed by atoms with E-state index in [-0.39, 0.29) is 0 Å². The topological polar surface area (TPSA) is 38.0 Å². The van der Waals surface area contributed by atoms with Gasteiger partial charge in [0.15, 0.2) is 0 Å². The summed E-state index contributed by atoms with van der Waals surface area (Å²) in [6, 6.07) is 29.8. The first-order valence-electron chi connectivity index (χ1n) is 10.9. The number of rotatable bonds is 5. The number of aromatic nitrogens is 1. The lowest BCUT2D eigenvalue weighted by atomic mass is 9.85. The first kappa shape index (κ1) is 20.5. The van der Waals surface area contributed by atoms with Gasteiger partial charge in [-0.25, -0.2) is 0 Å². The van der Waals surface area contributed by atoms with Crippen molar-refractivity contribution in [1.29, 1.82) is 5.26 Å². The Morgan fingerprint density at radius 3 is 2.34 bits per heavy atom. The van der Waals surface area contributed by atoms with E-state index in [1.165, 1.54) is 16.5 Å². The summed E-state index contributed by atoms with van der Waals surface area (Å²) >= 11 is 1.71. The predicted octanol–water partition coefficient (Wildman–Crippen LogP) is 7.72. The van der Waals surface area contributed by atoms with Crippen molar-refractivity contribution in [3.63, 3.8) is 0 Å². The lowest BCUT2D eigenvalue weighted by Gasteiger charge is -2.18. The summed E-state index contributed by atoms with van der Waals surface area (Å²) < 4.78 is 7.67. The zero-order chi connectivity index (χ0) is 21.9. The Labute approximate surface area is 193 Å². The van der Waals surface area contributed by atoms with Gasteiger partial charge in [-0.15, -0.1) is 0 Å². The summed E-state index contributed by atoms with van der Waals surface area (Å²) in [4.78, 5) is 1.13. The van der Waals surface area contributed by atoms with Crippen molar-refractivity contribution < 1.29 is 4.74 Å². The minimum absolute atomic E-state index is 0.849. The summed E-state index contributed by atoms with van der Waals surface area (Å²) in [5.74, 6) is 0.849. The molecule has 0 saturated heterocycles. The third kappa shape index (κ3) is 3.70. The molecule has 0 saturated carbocycles. The molecule has 0 amide bonds. The molecule has 1 aromatic heterocycles. The van der Waals surface area contributed by atoms with E-state index in [4.69, 9.17) is 4.74 Å². The van der Waals surface area contributed by atoms with E-state index < -0.39 is 0 Å². The van der Waals surface area contributed by atoms with Gasteiger partial charge in [-0.1, -0.05) is 48.5 Å². The predicted molar refractivity (Wildman–Crippen MR) is 133 cm³/mol. The highest BCUT2D eigenvalue weighted by Gasteiger charge is 2.25. The maximum atomic E-state index is 9.92. The van der Waals surface area contributed by atoms with Gasteiger partial charge in [-0.3, -0.25) is 3.97 Å². The molecule has 1 aliphatic rings. The number of allylic oxidation sites excluding steroid dienone is 2. The average molecular weight is 437 g/mol. The van der Waals surface area contributed by atoms with Crippen LogP contribution in [0.4, 0.5) is 0 Å². The minimum atomic E-state index is 0.849. The third-order valence-corrected chi connectivity index (χ3v) is 7.08. The van der Waals surface area contributed by atoms with Crippen molar-refractivity contribution in [2.75, 3.05) is 7.11 Å². The summed E-state index contributed by atoms with van der Waals surface area (Å²) in [5.41, 5.74) is 6.85. The number of methoxy groups -OCH3 is 1. The van der Waals surface area contributed by atoms with Crippen LogP contribution in [0.1, 0.15) is 31.2 Å². The lowest BCUT2D eigenvalue weighted by Crippen LogP contribution is -2.00. The molecule has 1 heterocycles. The molecule has 3 nitrogen and oxygen atoms in total. The third-order valence-electron chi connectivity index (χ3n) is 6.04. The Morgan fingerprint density at radius 1 is 0.875 bits per heavy atom. The van der Waals surface area contributed by atoms with E-state index in [1.54, 1.807) is 19.1 Å². The van der Waals surface area contributed by atoms with E-state index in [0.29, 0.717) is 0 Å². The maximum absolute atomic E-state index is 9.92. The largest absolute Gasteiger partial charge is 0.497 e. The Kier molecular flexibility index (Phi) is 5.75. The number of benzene rings is 3. The number of hydrogen-bond donors (Lipinski definition) is 0. The first-order chi connectivity index (χ1) is 15.8. The van der Waals surface area contributed by atoms with Gasteiger partial charge in [0, 0.05) is 21.4 Å². The van der Waals surface area contributed by atoms with Crippen LogP contribution in [0.15, 0.2) is 89.3 Å². The van der Waals surface area contributed by atoms with Crippen LogP contribution >= 0.6 is 11.9 Å². The maximum Gasteiger partial charge on any atom is 0.118 e. The van der Waals surface area contributed by atoms with Gasteiger partial charge < -0.3 is 4.74 Å². The number of fused-ring (bicyclic) bond motifs is 1. The molecule has 0 N–H and O–H groups in total. The van der Waals surface area contributed by atoms with Gasteiger partial charge in [0.1, 0.15) is 5.75 Å². The van der Waals surface area contributed by atoms with Gasteiger partial charge in [-0.2, -0.15) is 5.26 Å². The van der Waals surface area contributed by atoms with Crippen molar-refractivity contribution in [2.24, 2.45) is 0 Å². The van der Waals surface area contributed by atoms with E-state index in [9.17, 15) is 5.26 Å². The Balaban J connectivity index is 1.80. The van der Waals surface area contributed by atoms with Gasteiger partial charge >= 0.3 is 0 Å². The molecule has 0 unspecified atom stereocenters. The first-order valence-corrected chi connectivity index (χ1v) is 11.7. The van der Waals surface area contributed by atoms with Crippen LogP contribution in [0.25, 0.3) is 27.7 Å². The summed E-state index contributed by atoms with van der Waals surface area (Å²) in [7, 11) is 1.69. The lowest BCUT2D eigenvalue weighted by molar-refractivity contribution is 0.414. The molecule has 5 rings (SSSR count). The van der Waals surface area contributed by atoms with Crippen molar-refractivity contribution in [3.05, 3.63) is 90.0 Å². The molecule has 3 aromatic carbocycles. The van der Waals surface area contributed by atoms with Gasteiger partial charge in [0.2, 0.25) is 0 Å². The zero-order valence-electron chi connectivity index (χ0n) is 18.0. The quantitative estimate of drug-likeness (QED) is 0.321. The molecule has 4 aromatic rings. The number of ether oxygens (including phenoxy) is 1. The number of para-hydroxylation sites is 1. The molecule has 0 bridgehead atoms. The Hall–Kier alpha value is -3.42. The smallest absolute Gasteiger partial charge is 0.118 e. The minimum Gasteiger partial charge on any atom is -0.497 e. The van der Waals surface area contributed by atoms with Crippen LogP contribution in [-0.4, -0.2) is 11.1 Å². The zero-order valence-corrected chi connectivity index (χ0v) is 18.9. The fourth-order valence-electron chi connectivity index (χ4n) is 4.52. The van der Waals surface area contributed by atoms with Crippen molar-refractivity contribution >= 4 is 28.4 Å². The highest BCUT2D eigenvalue weighted by atomic mass is 32.2. The second-order valence-electron chi connectivity index (χ2n) is 7.94.